The first-order valence-electron chi connectivity index (χ1n) is 5.06. The number of benzene rings is 1. The molecule has 0 heterocycles. The Hall–Kier alpha value is -1.86. The predicted octanol–water partition coefficient (Wildman–Crippen LogP) is 1.51. The molecule has 0 spiro atoms. The molecule has 1 atom stereocenters. The highest BCUT2D eigenvalue weighted by molar-refractivity contribution is 5.67. The Morgan fingerprint density at radius 1 is 1.62 bits per heavy atom. The summed E-state index contributed by atoms with van der Waals surface area (Å²) in [6.45, 7) is 2.40. The fourth-order valence-corrected chi connectivity index (χ4v) is 1.38. The third-order valence-electron chi connectivity index (χ3n) is 2.19. The van der Waals surface area contributed by atoms with E-state index < -0.39 is 5.97 Å². The van der Waals surface area contributed by atoms with Crippen LogP contribution in [-0.2, 0) is 11.3 Å². The molecule has 1 aromatic rings. The van der Waals surface area contributed by atoms with Crippen LogP contribution < -0.4 is 5.32 Å². The summed E-state index contributed by atoms with van der Waals surface area (Å²) in [4.78, 5) is 10.4. The molecule has 0 amide bonds. The standard InChI is InChI=1S/C12H14N2O2/c1-9(5-12(15)16)14-8-11-4-2-3-10(6-11)7-13/h2-4,6,9,14H,5,8H2,1H3,(H,15,16). The second kappa shape index (κ2) is 5.89. The molecular formula is C12H14N2O2. The number of carbonyl (C=O) groups is 1. The van der Waals surface area contributed by atoms with Gasteiger partial charge in [-0.3, -0.25) is 4.79 Å². The van der Waals surface area contributed by atoms with Gasteiger partial charge < -0.3 is 10.4 Å². The molecule has 4 nitrogen and oxygen atoms in total. The van der Waals surface area contributed by atoms with Crippen LogP contribution in [0.3, 0.4) is 0 Å². The van der Waals surface area contributed by atoms with Crippen LogP contribution in [0.1, 0.15) is 24.5 Å². The molecule has 0 aliphatic carbocycles. The number of rotatable bonds is 5. The maximum absolute atomic E-state index is 10.4. The van der Waals surface area contributed by atoms with Crippen LogP contribution in [0.15, 0.2) is 24.3 Å². The number of carboxylic acids is 1. The molecule has 0 bridgehead atoms. The van der Waals surface area contributed by atoms with Gasteiger partial charge in [0.05, 0.1) is 18.1 Å². The molecule has 1 unspecified atom stereocenters. The van der Waals surface area contributed by atoms with E-state index in [1.54, 1.807) is 12.1 Å². The van der Waals surface area contributed by atoms with E-state index in [2.05, 4.69) is 11.4 Å². The molecular weight excluding hydrogens is 204 g/mol. The van der Waals surface area contributed by atoms with Gasteiger partial charge in [0.1, 0.15) is 0 Å². The van der Waals surface area contributed by atoms with Crippen LogP contribution in [0.2, 0.25) is 0 Å². The zero-order valence-electron chi connectivity index (χ0n) is 9.10. The SMILES string of the molecule is CC(CC(=O)O)NCc1cccc(C#N)c1. The van der Waals surface area contributed by atoms with E-state index in [1.165, 1.54) is 0 Å². The summed E-state index contributed by atoms with van der Waals surface area (Å²) in [5.41, 5.74) is 1.60. The Bertz CT molecular complexity index is 410. The van der Waals surface area contributed by atoms with E-state index in [-0.39, 0.29) is 12.5 Å². The van der Waals surface area contributed by atoms with Crippen LogP contribution in [0, 0.1) is 11.3 Å². The summed E-state index contributed by atoms with van der Waals surface area (Å²) in [5, 5.41) is 20.4. The average Bonchev–Trinajstić information content (AvgIpc) is 2.26. The van der Waals surface area contributed by atoms with Crippen LogP contribution in [0.25, 0.3) is 0 Å². The predicted molar refractivity (Wildman–Crippen MR) is 59.7 cm³/mol. The lowest BCUT2D eigenvalue weighted by molar-refractivity contribution is -0.137. The lowest BCUT2D eigenvalue weighted by Gasteiger charge is -2.11. The summed E-state index contributed by atoms with van der Waals surface area (Å²) >= 11 is 0. The molecule has 0 aliphatic heterocycles. The van der Waals surface area contributed by atoms with Gasteiger partial charge in [0.2, 0.25) is 0 Å². The molecule has 0 saturated carbocycles. The highest BCUT2D eigenvalue weighted by atomic mass is 16.4. The molecule has 2 N–H and O–H groups in total. The van der Waals surface area contributed by atoms with Crippen molar-refractivity contribution in [3.8, 4) is 6.07 Å². The van der Waals surface area contributed by atoms with Gasteiger partial charge in [-0.1, -0.05) is 12.1 Å². The Labute approximate surface area is 94.5 Å². The number of aliphatic carboxylic acids is 1. The van der Waals surface area contributed by atoms with E-state index in [4.69, 9.17) is 10.4 Å². The zero-order chi connectivity index (χ0) is 12.0. The van der Waals surface area contributed by atoms with Gasteiger partial charge in [0.15, 0.2) is 0 Å². The van der Waals surface area contributed by atoms with Crippen molar-refractivity contribution in [3.63, 3.8) is 0 Å². The Morgan fingerprint density at radius 2 is 2.38 bits per heavy atom. The third-order valence-corrected chi connectivity index (χ3v) is 2.19. The van der Waals surface area contributed by atoms with Crippen molar-refractivity contribution in [3.05, 3.63) is 35.4 Å². The van der Waals surface area contributed by atoms with Crippen LogP contribution in [0.4, 0.5) is 0 Å². The van der Waals surface area contributed by atoms with E-state index in [9.17, 15) is 4.79 Å². The van der Waals surface area contributed by atoms with Crippen molar-refractivity contribution in [1.82, 2.24) is 5.32 Å². The lowest BCUT2D eigenvalue weighted by atomic mass is 10.1. The Morgan fingerprint density at radius 3 is 3.00 bits per heavy atom. The minimum Gasteiger partial charge on any atom is -0.481 e. The van der Waals surface area contributed by atoms with Crippen LogP contribution in [-0.4, -0.2) is 17.1 Å². The fraction of sp³-hybridized carbons (Fsp3) is 0.333. The van der Waals surface area contributed by atoms with E-state index in [0.717, 1.165) is 5.56 Å². The van der Waals surface area contributed by atoms with Gasteiger partial charge in [-0.05, 0) is 24.6 Å². The van der Waals surface area contributed by atoms with Gasteiger partial charge in [-0.2, -0.15) is 5.26 Å². The summed E-state index contributed by atoms with van der Waals surface area (Å²) in [5.74, 6) is -0.814. The smallest absolute Gasteiger partial charge is 0.304 e. The van der Waals surface area contributed by atoms with Gasteiger partial charge in [0, 0.05) is 12.6 Å². The molecule has 84 valence electrons. The molecule has 0 aromatic heterocycles. The number of carboxylic acid groups (broad SMARTS) is 1. The molecule has 1 rings (SSSR count). The normalized spacial score (nSPS) is 11.8. The van der Waals surface area contributed by atoms with Crippen molar-refractivity contribution in [2.45, 2.75) is 25.9 Å². The fourth-order valence-electron chi connectivity index (χ4n) is 1.38. The Balaban J connectivity index is 2.48. The third kappa shape index (κ3) is 4.11. The molecule has 1 aromatic carbocycles. The van der Waals surface area contributed by atoms with Crippen molar-refractivity contribution < 1.29 is 9.90 Å². The first-order chi connectivity index (χ1) is 7.61. The maximum atomic E-state index is 10.4. The number of hydrogen-bond donors (Lipinski definition) is 2. The molecule has 0 radical (unpaired) electrons. The highest BCUT2D eigenvalue weighted by Crippen LogP contribution is 2.04. The lowest BCUT2D eigenvalue weighted by Crippen LogP contribution is -2.27. The van der Waals surface area contributed by atoms with Gasteiger partial charge in [-0.25, -0.2) is 0 Å². The summed E-state index contributed by atoms with van der Waals surface area (Å²) < 4.78 is 0. The largest absolute Gasteiger partial charge is 0.481 e. The zero-order valence-corrected chi connectivity index (χ0v) is 9.10. The highest BCUT2D eigenvalue weighted by Gasteiger charge is 2.06. The Kier molecular flexibility index (Phi) is 4.49. The molecule has 4 heteroatoms. The van der Waals surface area contributed by atoms with Crippen LogP contribution >= 0.6 is 0 Å². The first-order valence-corrected chi connectivity index (χ1v) is 5.06. The van der Waals surface area contributed by atoms with E-state index in [1.807, 2.05) is 19.1 Å². The minimum atomic E-state index is -0.814. The second-order valence-electron chi connectivity index (χ2n) is 3.69. The molecule has 16 heavy (non-hydrogen) atoms. The topological polar surface area (TPSA) is 73.1 Å². The van der Waals surface area contributed by atoms with Crippen molar-refractivity contribution in [2.75, 3.05) is 0 Å². The summed E-state index contributed by atoms with van der Waals surface area (Å²) in [6, 6.07) is 9.24. The summed E-state index contributed by atoms with van der Waals surface area (Å²) in [6.07, 6.45) is 0.0952. The van der Waals surface area contributed by atoms with E-state index in [0.29, 0.717) is 12.1 Å². The molecule has 0 fully saturated rings. The van der Waals surface area contributed by atoms with Gasteiger partial charge in [-0.15, -0.1) is 0 Å². The maximum Gasteiger partial charge on any atom is 0.304 e. The minimum absolute atomic E-state index is 0.0803. The van der Waals surface area contributed by atoms with Gasteiger partial charge in [0.25, 0.3) is 0 Å². The number of nitrogens with one attached hydrogen (secondary N) is 1. The second-order valence-corrected chi connectivity index (χ2v) is 3.69. The average molecular weight is 218 g/mol. The number of nitrogens with zero attached hydrogens (tertiary/aromatic N) is 1. The number of hydrogen-bond acceptors (Lipinski definition) is 3. The van der Waals surface area contributed by atoms with Crippen molar-refractivity contribution in [2.24, 2.45) is 0 Å². The molecule has 0 saturated heterocycles. The van der Waals surface area contributed by atoms with Gasteiger partial charge >= 0.3 is 5.97 Å². The van der Waals surface area contributed by atoms with E-state index >= 15 is 0 Å². The van der Waals surface area contributed by atoms with Crippen LogP contribution in [0.5, 0.6) is 0 Å². The quantitative estimate of drug-likeness (QED) is 0.785. The first kappa shape index (κ1) is 12.2. The summed E-state index contributed by atoms with van der Waals surface area (Å²) in [7, 11) is 0. The van der Waals surface area contributed by atoms with Crippen molar-refractivity contribution >= 4 is 5.97 Å². The monoisotopic (exact) mass is 218 g/mol. The molecule has 0 aliphatic rings. The van der Waals surface area contributed by atoms with Crippen molar-refractivity contribution in [1.29, 1.82) is 5.26 Å². The number of nitriles is 1.